The summed E-state index contributed by atoms with van der Waals surface area (Å²) in [7, 11) is 0. The lowest BCUT2D eigenvalue weighted by Gasteiger charge is -2.31. The number of carbonyl (C=O) groups is 2. The largest absolute Gasteiger partial charge is 0.481 e. The van der Waals surface area contributed by atoms with Gasteiger partial charge in [0, 0.05) is 6.54 Å². The first-order chi connectivity index (χ1) is 8.93. The molecule has 0 spiro atoms. The van der Waals surface area contributed by atoms with E-state index in [1.165, 1.54) is 25.7 Å². The lowest BCUT2D eigenvalue weighted by atomic mass is 9.78. The second kappa shape index (κ2) is 7.78. The first kappa shape index (κ1) is 16.3. The zero-order valence-electron chi connectivity index (χ0n) is 11.9. The summed E-state index contributed by atoms with van der Waals surface area (Å²) >= 11 is 1.15. The van der Waals surface area contributed by atoms with E-state index >= 15 is 0 Å². The van der Waals surface area contributed by atoms with Gasteiger partial charge in [0.1, 0.15) is 0 Å². The molecule has 0 unspecified atom stereocenters. The lowest BCUT2D eigenvalue weighted by Crippen LogP contribution is -2.37. The monoisotopic (exact) mass is 287 g/mol. The molecule has 0 atom stereocenters. The van der Waals surface area contributed by atoms with Crippen LogP contribution in [-0.2, 0) is 9.59 Å². The van der Waals surface area contributed by atoms with E-state index in [1.54, 1.807) is 0 Å². The van der Waals surface area contributed by atoms with Crippen LogP contribution in [0.5, 0.6) is 0 Å². The molecule has 0 aromatic carbocycles. The molecule has 0 bridgehead atoms. The number of aliphatic carboxylic acids is 1. The molecule has 110 valence electrons. The van der Waals surface area contributed by atoms with E-state index in [4.69, 9.17) is 5.11 Å². The predicted octanol–water partition coefficient (Wildman–Crippen LogP) is 2.53. The number of rotatable bonds is 8. The Morgan fingerprint density at radius 3 is 2.42 bits per heavy atom. The van der Waals surface area contributed by atoms with Gasteiger partial charge < -0.3 is 10.4 Å². The van der Waals surface area contributed by atoms with Gasteiger partial charge in [0.2, 0.25) is 5.91 Å². The highest BCUT2D eigenvalue weighted by Crippen LogP contribution is 2.42. The van der Waals surface area contributed by atoms with Crippen LogP contribution in [0.15, 0.2) is 0 Å². The third-order valence-electron chi connectivity index (χ3n) is 3.62. The Balaban J connectivity index is 2.31. The Morgan fingerprint density at radius 2 is 1.89 bits per heavy atom. The summed E-state index contributed by atoms with van der Waals surface area (Å²) < 4.78 is 0. The Bertz CT molecular complexity index is 312. The van der Waals surface area contributed by atoms with E-state index in [9.17, 15) is 9.59 Å². The van der Waals surface area contributed by atoms with E-state index < -0.39 is 5.97 Å². The fourth-order valence-electron chi connectivity index (χ4n) is 3.01. The van der Waals surface area contributed by atoms with Crippen LogP contribution in [0.1, 0.15) is 46.0 Å². The molecular formula is C14H25NO3S. The highest BCUT2D eigenvalue weighted by atomic mass is 32.2. The Morgan fingerprint density at radius 1 is 1.26 bits per heavy atom. The number of hydrogen-bond acceptors (Lipinski definition) is 3. The lowest BCUT2D eigenvalue weighted by molar-refractivity contribution is -0.133. The molecule has 1 rings (SSSR count). The number of carboxylic acids is 1. The maximum absolute atomic E-state index is 11.7. The molecule has 1 saturated carbocycles. The second-order valence-corrected chi connectivity index (χ2v) is 6.95. The van der Waals surface area contributed by atoms with E-state index in [-0.39, 0.29) is 22.8 Å². The minimum atomic E-state index is -0.870. The van der Waals surface area contributed by atoms with Crippen molar-refractivity contribution in [1.29, 1.82) is 0 Å². The van der Waals surface area contributed by atoms with E-state index in [1.807, 2.05) is 0 Å². The van der Waals surface area contributed by atoms with Crippen molar-refractivity contribution in [1.82, 2.24) is 5.32 Å². The molecule has 1 amide bonds. The fraction of sp³-hybridized carbons (Fsp3) is 0.857. The van der Waals surface area contributed by atoms with Crippen molar-refractivity contribution < 1.29 is 14.7 Å². The van der Waals surface area contributed by atoms with Gasteiger partial charge in [-0.3, -0.25) is 9.59 Å². The van der Waals surface area contributed by atoms with Crippen molar-refractivity contribution in [3.63, 3.8) is 0 Å². The molecule has 19 heavy (non-hydrogen) atoms. The van der Waals surface area contributed by atoms with Crippen LogP contribution in [0.25, 0.3) is 0 Å². The average molecular weight is 287 g/mol. The molecule has 0 aliphatic heterocycles. The summed E-state index contributed by atoms with van der Waals surface area (Å²) in [6.45, 7) is 5.20. The van der Waals surface area contributed by atoms with Gasteiger partial charge in [-0.15, -0.1) is 11.8 Å². The molecule has 0 aromatic rings. The topological polar surface area (TPSA) is 66.4 Å². The molecule has 0 heterocycles. The zero-order chi connectivity index (χ0) is 14.3. The maximum Gasteiger partial charge on any atom is 0.313 e. The summed E-state index contributed by atoms with van der Waals surface area (Å²) in [5.41, 5.74) is 0.279. The van der Waals surface area contributed by atoms with Gasteiger partial charge in [0.05, 0.1) is 11.5 Å². The highest BCUT2D eigenvalue weighted by Gasteiger charge is 2.34. The van der Waals surface area contributed by atoms with Crippen LogP contribution in [0, 0.1) is 11.3 Å². The van der Waals surface area contributed by atoms with Crippen LogP contribution < -0.4 is 5.32 Å². The zero-order valence-corrected chi connectivity index (χ0v) is 12.7. The molecule has 4 nitrogen and oxygen atoms in total. The molecule has 1 aliphatic rings. The van der Waals surface area contributed by atoms with Gasteiger partial charge in [0.25, 0.3) is 0 Å². The minimum absolute atomic E-state index is 0.00937. The number of carboxylic acid groups (broad SMARTS) is 1. The quantitative estimate of drug-likeness (QED) is 0.720. The van der Waals surface area contributed by atoms with E-state index in [2.05, 4.69) is 19.2 Å². The molecule has 5 heteroatoms. The number of amides is 1. The number of nitrogens with one attached hydrogen (secondary N) is 1. The van der Waals surface area contributed by atoms with Gasteiger partial charge >= 0.3 is 5.97 Å². The van der Waals surface area contributed by atoms with Crippen molar-refractivity contribution >= 4 is 23.6 Å². The van der Waals surface area contributed by atoms with Gasteiger partial charge in [-0.2, -0.15) is 0 Å². The normalized spacial score (nSPS) is 17.6. The van der Waals surface area contributed by atoms with Gasteiger partial charge in [0.15, 0.2) is 0 Å². The first-order valence-electron chi connectivity index (χ1n) is 7.00. The van der Waals surface area contributed by atoms with Crippen LogP contribution in [-0.4, -0.2) is 35.0 Å². The van der Waals surface area contributed by atoms with Crippen molar-refractivity contribution in [3.05, 3.63) is 0 Å². The van der Waals surface area contributed by atoms with E-state index in [0.717, 1.165) is 24.7 Å². The number of hydrogen-bond donors (Lipinski definition) is 2. The summed E-state index contributed by atoms with van der Waals surface area (Å²) in [5.74, 6) is -0.0308. The van der Waals surface area contributed by atoms with Crippen molar-refractivity contribution in [2.24, 2.45) is 11.3 Å². The summed E-state index contributed by atoms with van der Waals surface area (Å²) in [6, 6.07) is 0. The third-order valence-corrected chi connectivity index (χ3v) is 4.54. The molecule has 2 N–H and O–H groups in total. The van der Waals surface area contributed by atoms with Gasteiger partial charge in [-0.25, -0.2) is 0 Å². The number of carbonyl (C=O) groups excluding carboxylic acids is 1. The summed E-state index contributed by atoms with van der Waals surface area (Å²) in [5, 5.41) is 11.5. The van der Waals surface area contributed by atoms with Crippen molar-refractivity contribution in [2.45, 2.75) is 46.0 Å². The van der Waals surface area contributed by atoms with Gasteiger partial charge in [-0.05, 0) is 30.6 Å². The van der Waals surface area contributed by atoms with Crippen LogP contribution >= 0.6 is 11.8 Å². The Labute approximate surface area is 119 Å². The Hall–Kier alpha value is -0.710. The fourth-order valence-corrected chi connectivity index (χ4v) is 3.58. The van der Waals surface area contributed by atoms with Gasteiger partial charge in [-0.1, -0.05) is 26.7 Å². The maximum atomic E-state index is 11.7. The van der Waals surface area contributed by atoms with Crippen molar-refractivity contribution in [3.8, 4) is 0 Å². The second-order valence-electron chi connectivity index (χ2n) is 5.97. The summed E-state index contributed by atoms with van der Waals surface area (Å²) in [6.07, 6.45) is 6.09. The predicted molar refractivity (Wildman–Crippen MR) is 78.3 cm³/mol. The molecule has 0 aromatic heterocycles. The first-order valence-corrected chi connectivity index (χ1v) is 8.15. The molecule has 0 saturated heterocycles. The third kappa shape index (κ3) is 6.32. The molecule has 0 radical (unpaired) electrons. The average Bonchev–Trinajstić information content (AvgIpc) is 2.74. The van der Waals surface area contributed by atoms with Crippen LogP contribution in [0.4, 0.5) is 0 Å². The van der Waals surface area contributed by atoms with Crippen molar-refractivity contribution in [2.75, 3.05) is 18.1 Å². The van der Waals surface area contributed by atoms with E-state index in [0.29, 0.717) is 5.92 Å². The standard InChI is InChI=1S/C14H25NO3S/c1-11(2)7-14(5-3-4-6-14)10-15-12(16)8-19-9-13(17)18/h11H,3-10H2,1-2H3,(H,15,16)(H,17,18). The smallest absolute Gasteiger partial charge is 0.313 e. The summed E-state index contributed by atoms with van der Waals surface area (Å²) in [4.78, 5) is 22.1. The number of thioether (sulfide) groups is 1. The van der Waals surface area contributed by atoms with Crippen LogP contribution in [0.2, 0.25) is 0 Å². The Kier molecular flexibility index (Phi) is 6.69. The highest BCUT2D eigenvalue weighted by molar-refractivity contribution is 8.00. The molecular weight excluding hydrogens is 262 g/mol. The molecule has 1 aliphatic carbocycles. The SMILES string of the molecule is CC(C)CC1(CNC(=O)CSCC(=O)O)CCCC1. The minimum Gasteiger partial charge on any atom is -0.481 e. The van der Waals surface area contributed by atoms with Crippen LogP contribution in [0.3, 0.4) is 0 Å². The molecule has 1 fully saturated rings.